The number of likely N-dealkylation sites (N-methyl/N-ethyl adjacent to an activating group) is 1. The average molecular weight is 407 g/mol. The molecule has 2 aromatic heterocycles. The Labute approximate surface area is 166 Å². The van der Waals surface area contributed by atoms with Gasteiger partial charge in [0.2, 0.25) is 5.95 Å². The molecule has 148 valence electrons. The molecule has 3 aromatic rings. The van der Waals surface area contributed by atoms with Gasteiger partial charge in [-0.05, 0) is 51.6 Å². The molecule has 0 amide bonds. The Morgan fingerprint density at radius 1 is 1.25 bits per heavy atom. The maximum absolute atomic E-state index is 13.6. The first-order valence-electron chi connectivity index (χ1n) is 9.18. The van der Waals surface area contributed by atoms with Gasteiger partial charge in [-0.1, -0.05) is 17.7 Å². The van der Waals surface area contributed by atoms with Crippen molar-refractivity contribution in [3.8, 4) is 11.3 Å². The fourth-order valence-electron chi connectivity index (χ4n) is 3.70. The van der Waals surface area contributed by atoms with E-state index in [4.69, 9.17) is 11.6 Å². The highest BCUT2D eigenvalue weighted by Crippen LogP contribution is 2.34. The maximum atomic E-state index is 13.6. The monoisotopic (exact) mass is 406 g/mol. The van der Waals surface area contributed by atoms with Crippen LogP contribution in [0.5, 0.6) is 0 Å². The Morgan fingerprint density at radius 2 is 2.07 bits per heavy atom. The minimum Gasteiger partial charge on any atom is -0.349 e. The van der Waals surface area contributed by atoms with Crippen LogP contribution in [0.2, 0.25) is 5.02 Å². The standard InChI is InChI=1S/C19H21ClF2N6/c1-11-8-16-17(14-6-5-12(20)9-15(14)18(21)22)24-25-19(28(16)26-11)23-13-4-3-7-27(2)10-13/h5-6,8-9,13,18H,3-4,7,10H2,1-2H3,(H,23,25)/t13-/m1/s1. The minimum atomic E-state index is -2.67. The molecule has 0 saturated carbocycles. The topological polar surface area (TPSA) is 58.4 Å². The van der Waals surface area contributed by atoms with E-state index in [0.29, 0.717) is 22.7 Å². The Kier molecular flexibility index (Phi) is 5.16. The number of fused-ring (bicyclic) bond motifs is 1. The predicted molar refractivity (Wildman–Crippen MR) is 105 cm³/mol. The van der Waals surface area contributed by atoms with E-state index in [1.165, 1.54) is 6.07 Å². The first-order valence-corrected chi connectivity index (χ1v) is 9.56. The van der Waals surface area contributed by atoms with E-state index in [0.717, 1.165) is 31.6 Å². The van der Waals surface area contributed by atoms with Crippen molar-refractivity contribution in [2.45, 2.75) is 32.2 Å². The molecule has 1 fully saturated rings. The number of likely N-dealkylation sites (tertiary alicyclic amines) is 1. The first kappa shape index (κ1) is 19.0. The maximum Gasteiger partial charge on any atom is 0.264 e. The highest BCUT2D eigenvalue weighted by atomic mass is 35.5. The van der Waals surface area contributed by atoms with Crippen LogP contribution in [-0.2, 0) is 0 Å². The third-order valence-corrected chi connectivity index (χ3v) is 5.22. The summed E-state index contributed by atoms with van der Waals surface area (Å²) < 4.78 is 28.8. The van der Waals surface area contributed by atoms with Crippen molar-refractivity contribution < 1.29 is 8.78 Å². The van der Waals surface area contributed by atoms with Gasteiger partial charge in [0.05, 0.1) is 11.2 Å². The van der Waals surface area contributed by atoms with Crippen LogP contribution in [0.15, 0.2) is 24.3 Å². The highest BCUT2D eigenvalue weighted by Gasteiger charge is 2.22. The lowest BCUT2D eigenvalue weighted by atomic mass is 10.0. The number of hydrogen-bond donors (Lipinski definition) is 1. The molecular formula is C19H21ClF2N6. The van der Waals surface area contributed by atoms with Crippen LogP contribution >= 0.6 is 11.6 Å². The van der Waals surface area contributed by atoms with Crippen molar-refractivity contribution in [2.24, 2.45) is 0 Å². The quantitative estimate of drug-likeness (QED) is 0.703. The summed E-state index contributed by atoms with van der Waals surface area (Å²) in [5, 5.41) is 16.7. The zero-order valence-corrected chi connectivity index (χ0v) is 16.4. The summed E-state index contributed by atoms with van der Waals surface area (Å²) in [6.45, 7) is 3.83. The minimum absolute atomic E-state index is 0.169. The van der Waals surface area contributed by atoms with Crippen molar-refractivity contribution in [1.82, 2.24) is 24.7 Å². The second kappa shape index (κ2) is 7.60. The molecule has 1 aliphatic heterocycles. The third kappa shape index (κ3) is 3.66. The lowest BCUT2D eigenvalue weighted by Gasteiger charge is -2.30. The highest BCUT2D eigenvalue weighted by molar-refractivity contribution is 6.30. The molecule has 0 unspecified atom stereocenters. The lowest BCUT2D eigenvalue weighted by Crippen LogP contribution is -2.40. The van der Waals surface area contributed by atoms with Crippen LogP contribution in [-0.4, -0.2) is 50.9 Å². The number of halogens is 3. The van der Waals surface area contributed by atoms with Crippen molar-refractivity contribution in [3.63, 3.8) is 0 Å². The van der Waals surface area contributed by atoms with Gasteiger partial charge in [0, 0.05) is 28.7 Å². The molecule has 3 heterocycles. The van der Waals surface area contributed by atoms with Crippen LogP contribution in [0.25, 0.3) is 16.8 Å². The van der Waals surface area contributed by atoms with Gasteiger partial charge in [-0.15, -0.1) is 10.2 Å². The Hall–Kier alpha value is -2.32. The number of aromatic nitrogens is 4. The number of alkyl halides is 2. The Bertz CT molecular complexity index is 1010. The Balaban J connectivity index is 1.78. The van der Waals surface area contributed by atoms with Gasteiger partial charge in [-0.2, -0.15) is 9.61 Å². The second-order valence-electron chi connectivity index (χ2n) is 7.23. The number of rotatable bonds is 4. The molecule has 0 radical (unpaired) electrons. The average Bonchev–Trinajstić information content (AvgIpc) is 3.04. The Morgan fingerprint density at radius 3 is 2.82 bits per heavy atom. The zero-order chi connectivity index (χ0) is 19.8. The smallest absolute Gasteiger partial charge is 0.264 e. The third-order valence-electron chi connectivity index (χ3n) is 4.98. The molecular weight excluding hydrogens is 386 g/mol. The van der Waals surface area contributed by atoms with E-state index < -0.39 is 6.43 Å². The second-order valence-corrected chi connectivity index (χ2v) is 7.67. The van der Waals surface area contributed by atoms with Gasteiger partial charge in [0.25, 0.3) is 6.43 Å². The SMILES string of the molecule is Cc1cc2c(-c3ccc(Cl)cc3C(F)F)nnc(N[C@@H]3CCCN(C)C3)n2n1. The first-order chi connectivity index (χ1) is 13.4. The van der Waals surface area contributed by atoms with Gasteiger partial charge < -0.3 is 10.2 Å². The van der Waals surface area contributed by atoms with Crippen LogP contribution < -0.4 is 5.32 Å². The zero-order valence-electron chi connectivity index (χ0n) is 15.7. The molecule has 1 N–H and O–H groups in total. The lowest BCUT2D eigenvalue weighted by molar-refractivity contribution is 0.152. The van der Waals surface area contributed by atoms with E-state index >= 15 is 0 Å². The number of hydrogen-bond acceptors (Lipinski definition) is 5. The van der Waals surface area contributed by atoms with E-state index in [2.05, 4.69) is 32.6 Å². The molecule has 0 bridgehead atoms. The number of nitrogens with one attached hydrogen (secondary N) is 1. The summed E-state index contributed by atoms with van der Waals surface area (Å²) in [6.07, 6.45) is -0.540. The van der Waals surface area contributed by atoms with Gasteiger partial charge in [-0.3, -0.25) is 0 Å². The van der Waals surface area contributed by atoms with E-state index in [1.807, 2.05) is 13.0 Å². The fourth-order valence-corrected chi connectivity index (χ4v) is 3.88. The molecule has 6 nitrogen and oxygen atoms in total. The normalized spacial score (nSPS) is 18.1. The molecule has 4 rings (SSSR count). The molecule has 1 saturated heterocycles. The summed E-state index contributed by atoms with van der Waals surface area (Å²) in [4.78, 5) is 2.26. The summed E-state index contributed by atoms with van der Waals surface area (Å²) in [5.74, 6) is 0.514. The predicted octanol–water partition coefficient (Wildman–Crippen LogP) is 4.20. The number of anilines is 1. The molecule has 0 aliphatic carbocycles. The largest absolute Gasteiger partial charge is 0.349 e. The summed E-state index contributed by atoms with van der Waals surface area (Å²) in [7, 11) is 2.09. The molecule has 28 heavy (non-hydrogen) atoms. The van der Waals surface area contributed by atoms with E-state index in [1.54, 1.807) is 16.6 Å². The fraction of sp³-hybridized carbons (Fsp3) is 0.421. The van der Waals surface area contributed by atoms with Crippen molar-refractivity contribution in [3.05, 3.63) is 40.5 Å². The summed E-state index contributed by atoms with van der Waals surface area (Å²) in [6, 6.07) is 6.46. The summed E-state index contributed by atoms with van der Waals surface area (Å²) in [5.41, 5.74) is 1.88. The van der Waals surface area contributed by atoms with Crippen molar-refractivity contribution >= 4 is 23.1 Å². The molecule has 1 aromatic carbocycles. The summed E-state index contributed by atoms with van der Waals surface area (Å²) >= 11 is 5.92. The number of benzene rings is 1. The van der Waals surface area contributed by atoms with Crippen LogP contribution in [0.3, 0.4) is 0 Å². The van der Waals surface area contributed by atoms with Gasteiger partial charge in [0.15, 0.2) is 0 Å². The van der Waals surface area contributed by atoms with Gasteiger partial charge in [-0.25, -0.2) is 8.78 Å². The number of nitrogens with zero attached hydrogens (tertiary/aromatic N) is 5. The van der Waals surface area contributed by atoms with Crippen LogP contribution in [0, 0.1) is 6.92 Å². The van der Waals surface area contributed by atoms with E-state index in [-0.39, 0.29) is 16.6 Å². The van der Waals surface area contributed by atoms with E-state index in [9.17, 15) is 8.78 Å². The van der Waals surface area contributed by atoms with Crippen LogP contribution in [0.4, 0.5) is 14.7 Å². The van der Waals surface area contributed by atoms with Crippen molar-refractivity contribution in [1.29, 1.82) is 0 Å². The molecule has 0 spiro atoms. The van der Waals surface area contributed by atoms with Crippen LogP contribution in [0.1, 0.15) is 30.5 Å². The number of aryl methyl sites for hydroxylation is 1. The number of piperidine rings is 1. The molecule has 9 heteroatoms. The van der Waals surface area contributed by atoms with Crippen molar-refractivity contribution in [2.75, 3.05) is 25.5 Å². The van der Waals surface area contributed by atoms with Gasteiger partial charge in [0.1, 0.15) is 5.69 Å². The molecule has 1 atom stereocenters. The molecule has 1 aliphatic rings. The van der Waals surface area contributed by atoms with Gasteiger partial charge >= 0.3 is 0 Å².